The first-order chi connectivity index (χ1) is 16.5. The Morgan fingerprint density at radius 3 is 2.41 bits per heavy atom. The van der Waals surface area contributed by atoms with Crippen molar-refractivity contribution >= 4 is 29.0 Å². The van der Waals surface area contributed by atoms with Crippen LogP contribution in [0.4, 0.5) is 0 Å². The fourth-order valence-electron chi connectivity index (χ4n) is 3.61. The lowest BCUT2D eigenvalue weighted by molar-refractivity contribution is 0.0692. The number of ether oxygens (including phenoxy) is 2. The predicted octanol–water partition coefficient (Wildman–Crippen LogP) is 4.38. The molecule has 0 saturated carbocycles. The van der Waals surface area contributed by atoms with E-state index >= 15 is 0 Å². The van der Waals surface area contributed by atoms with Crippen LogP contribution in [0.25, 0.3) is 22.2 Å². The van der Waals surface area contributed by atoms with Crippen LogP contribution < -0.4 is 14.9 Å². The van der Waals surface area contributed by atoms with Gasteiger partial charge in [0.15, 0.2) is 11.5 Å². The Hall–Kier alpha value is -4.72. The molecule has 0 radical (unpaired) electrons. The summed E-state index contributed by atoms with van der Waals surface area (Å²) in [7, 11) is 2.77. The summed E-state index contributed by atoms with van der Waals surface area (Å²) in [6.07, 6.45) is 1.25. The molecule has 0 aliphatic rings. The van der Waals surface area contributed by atoms with Crippen LogP contribution in [-0.4, -0.2) is 42.4 Å². The number of hydrogen-bond donors (Lipinski definition) is 2. The number of nitrogens with zero attached hydrogens (tertiary/aromatic N) is 2. The van der Waals surface area contributed by atoms with Gasteiger partial charge >= 0.3 is 5.97 Å². The first-order valence-corrected chi connectivity index (χ1v) is 10.3. The minimum absolute atomic E-state index is 0.0675. The molecule has 4 aromatic rings. The molecule has 0 fully saturated rings. The zero-order chi connectivity index (χ0) is 24.1. The molecule has 0 spiro atoms. The van der Waals surface area contributed by atoms with Crippen LogP contribution in [0.1, 0.15) is 26.3 Å². The average molecular weight is 455 g/mol. The predicted molar refractivity (Wildman–Crippen MR) is 129 cm³/mol. The van der Waals surface area contributed by atoms with E-state index in [0.29, 0.717) is 22.2 Å². The summed E-state index contributed by atoms with van der Waals surface area (Å²) in [6.45, 7) is 0. The fraction of sp³-hybridized carbons (Fsp3) is 0.0769. The summed E-state index contributed by atoms with van der Waals surface area (Å²) in [5.74, 6) is -1.32. The molecule has 2 N–H and O–H groups in total. The zero-order valence-corrected chi connectivity index (χ0v) is 18.5. The van der Waals surface area contributed by atoms with Gasteiger partial charge in [0.2, 0.25) is 0 Å². The minimum Gasteiger partial charge on any atom is -0.493 e. The van der Waals surface area contributed by atoms with Gasteiger partial charge in [-0.15, -0.1) is 0 Å². The van der Waals surface area contributed by atoms with Crippen LogP contribution in [-0.2, 0) is 0 Å². The van der Waals surface area contributed by atoms with Crippen LogP contribution in [0, 0.1) is 0 Å². The second kappa shape index (κ2) is 9.83. The Morgan fingerprint density at radius 2 is 1.71 bits per heavy atom. The first kappa shape index (κ1) is 22.5. The molecule has 0 aliphatic heterocycles. The number of rotatable bonds is 7. The van der Waals surface area contributed by atoms with E-state index in [4.69, 9.17) is 9.47 Å². The van der Waals surface area contributed by atoms with Crippen molar-refractivity contribution in [1.29, 1.82) is 0 Å². The zero-order valence-electron chi connectivity index (χ0n) is 18.5. The Morgan fingerprint density at radius 1 is 0.971 bits per heavy atom. The van der Waals surface area contributed by atoms with Gasteiger partial charge in [0.05, 0.1) is 37.2 Å². The molecule has 0 unspecified atom stereocenters. The van der Waals surface area contributed by atoms with Crippen LogP contribution in [0.15, 0.2) is 77.9 Å². The first-order valence-electron chi connectivity index (χ1n) is 10.3. The highest BCUT2D eigenvalue weighted by Crippen LogP contribution is 2.33. The molecule has 0 aliphatic carbocycles. The number of hydrazone groups is 1. The van der Waals surface area contributed by atoms with Crippen LogP contribution in [0.5, 0.6) is 11.5 Å². The van der Waals surface area contributed by atoms with E-state index in [2.05, 4.69) is 15.5 Å². The lowest BCUT2D eigenvalue weighted by Gasteiger charge is -2.12. The van der Waals surface area contributed by atoms with Gasteiger partial charge in [-0.3, -0.25) is 4.79 Å². The number of amides is 1. The smallest absolute Gasteiger partial charge is 0.340 e. The number of carboxylic acid groups (broad SMARTS) is 1. The lowest BCUT2D eigenvalue weighted by atomic mass is 10.0. The lowest BCUT2D eigenvalue weighted by Crippen LogP contribution is -2.18. The van der Waals surface area contributed by atoms with Crippen molar-refractivity contribution in [3.05, 3.63) is 89.5 Å². The maximum absolute atomic E-state index is 13.1. The van der Waals surface area contributed by atoms with Crippen molar-refractivity contribution in [3.8, 4) is 22.8 Å². The number of aromatic carboxylic acids is 1. The minimum atomic E-state index is -1.21. The molecule has 1 aromatic heterocycles. The molecule has 34 heavy (non-hydrogen) atoms. The number of carbonyl (C=O) groups is 2. The van der Waals surface area contributed by atoms with Crippen molar-refractivity contribution in [2.45, 2.75) is 0 Å². The Kier molecular flexibility index (Phi) is 6.49. The summed E-state index contributed by atoms with van der Waals surface area (Å²) in [5, 5.41) is 14.3. The van der Waals surface area contributed by atoms with Gasteiger partial charge in [-0.05, 0) is 24.3 Å². The summed E-state index contributed by atoms with van der Waals surface area (Å²) < 4.78 is 10.4. The molecule has 0 atom stereocenters. The number of para-hydroxylation sites is 1. The van der Waals surface area contributed by atoms with Gasteiger partial charge in [0.25, 0.3) is 5.91 Å². The molecule has 4 rings (SSSR count). The van der Waals surface area contributed by atoms with Gasteiger partial charge < -0.3 is 14.6 Å². The summed E-state index contributed by atoms with van der Waals surface area (Å²) in [5.41, 5.74) is 5.21. The highest BCUT2D eigenvalue weighted by Gasteiger charge is 2.20. The van der Waals surface area contributed by atoms with Crippen molar-refractivity contribution in [1.82, 2.24) is 10.4 Å². The third kappa shape index (κ3) is 4.42. The number of benzene rings is 3. The van der Waals surface area contributed by atoms with E-state index in [1.165, 1.54) is 26.5 Å². The van der Waals surface area contributed by atoms with Crippen molar-refractivity contribution < 1.29 is 24.2 Å². The standard InChI is InChI=1S/C26H21N3O5/c1-33-22-13-12-17(23(26(31)32)24(22)34-2)15-27-29-25(30)19-14-21(16-8-4-3-5-9-16)28-20-11-7-6-10-18(19)20/h3-15H,1-2H3,(H,29,30)(H,31,32)/b27-15-. The quantitative estimate of drug-likeness (QED) is 0.316. The number of aromatic nitrogens is 1. The van der Waals surface area contributed by atoms with E-state index in [0.717, 1.165) is 5.56 Å². The molecule has 1 amide bonds. The summed E-state index contributed by atoms with van der Waals surface area (Å²) in [4.78, 5) is 29.5. The average Bonchev–Trinajstić information content (AvgIpc) is 2.87. The highest BCUT2D eigenvalue weighted by atomic mass is 16.5. The fourth-order valence-corrected chi connectivity index (χ4v) is 3.61. The number of carbonyl (C=O) groups excluding carboxylic acids is 1. The number of pyridine rings is 1. The second-order valence-corrected chi connectivity index (χ2v) is 7.21. The van der Waals surface area contributed by atoms with Crippen LogP contribution in [0.3, 0.4) is 0 Å². The number of fused-ring (bicyclic) bond motifs is 1. The van der Waals surface area contributed by atoms with Gasteiger partial charge in [-0.25, -0.2) is 15.2 Å². The molecular weight excluding hydrogens is 434 g/mol. The molecule has 0 bridgehead atoms. The monoisotopic (exact) mass is 455 g/mol. The number of methoxy groups -OCH3 is 2. The molecule has 170 valence electrons. The molecule has 1 heterocycles. The maximum Gasteiger partial charge on any atom is 0.340 e. The summed E-state index contributed by atoms with van der Waals surface area (Å²) >= 11 is 0. The van der Waals surface area contributed by atoms with E-state index in [9.17, 15) is 14.7 Å². The van der Waals surface area contributed by atoms with Gasteiger partial charge in [0.1, 0.15) is 5.56 Å². The Bertz CT molecular complexity index is 1400. The number of carboxylic acids is 1. The van der Waals surface area contributed by atoms with Crippen molar-refractivity contribution in [3.63, 3.8) is 0 Å². The molecular formula is C26H21N3O5. The molecule has 8 heteroatoms. The van der Waals surface area contributed by atoms with Crippen LogP contribution in [0.2, 0.25) is 0 Å². The highest BCUT2D eigenvalue weighted by molar-refractivity contribution is 6.08. The van der Waals surface area contributed by atoms with Gasteiger partial charge in [-0.2, -0.15) is 5.10 Å². The third-order valence-electron chi connectivity index (χ3n) is 5.19. The van der Waals surface area contributed by atoms with Gasteiger partial charge in [0, 0.05) is 16.5 Å². The van der Waals surface area contributed by atoms with Crippen molar-refractivity contribution in [2.24, 2.45) is 5.10 Å². The molecule has 0 saturated heterocycles. The summed E-state index contributed by atoms with van der Waals surface area (Å²) in [6, 6.07) is 21.7. The second-order valence-electron chi connectivity index (χ2n) is 7.21. The SMILES string of the molecule is COc1ccc(/C=N\NC(=O)c2cc(-c3ccccc3)nc3ccccc23)c(C(=O)O)c1OC. The normalized spacial score (nSPS) is 10.9. The van der Waals surface area contributed by atoms with E-state index in [1.807, 2.05) is 54.6 Å². The van der Waals surface area contributed by atoms with E-state index in [-0.39, 0.29) is 22.6 Å². The Balaban J connectivity index is 1.68. The Labute approximate surface area is 195 Å². The maximum atomic E-state index is 13.1. The topological polar surface area (TPSA) is 110 Å². The van der Waals surface area contributed by atoms with Gasteiger partial charge in [-0.1, -0.05) is 48.5 Å². The third-order valence-corrected chi connectivity index (χ3v) is 5.19. The number of nitrogens with one attached hydrogen (secondary N) is 1. The van der Waals surface area contributed by atoms with E-state index in [1.54, 1.807) is 12.1 Å². The number of hydrogen-bond acceptors (Lipinski definition) is 6. The molecule has 8 nitrogen and oxygen atoms in total. The van der Waals surface area contributed by atoms with E-state index < -0.39 is 11.9 Å². The largest absolute Gasteiger partial charge is 0.493 e. The van der Waals surface area contributed by atoms with Crippen molar-refractivity contribution in [2.75, 3.05) is 14.2 Å². The molecule has 3 aromatic carbocycles. The van der Waals surface area contributed by atoms with Crippen LogP contribution >= 0.6 is 0 Å².